The number of aromatic amines is 1. The van der Waals surface area contributed by atoms with E-state index < -0.39 is 90.7 Å². The van der Waals surface area contributed by atoms with E-state index in [1.165, 1.54) is 20.8 Å². The normalized spacial score (nSPS) is 14.7. The van der Waals surface area contributed by atoms with Gasteiger partial charge < -0.3 is 59.0 Å². The molecule has 0 unspecified atom stereocenters. The molecule has 3 aromatic rings. The molecule has 0 aliphatic carbocycles. The number of hydrogen-bond donors (Lipinski definition) is 4. The third-order valence-corrected chi connectivity index (χ3v) is 11.2. The first-order chi connectivity index (χ1) is 34.5. The van der Waals surface area contributed by atoms with E-state index in [0.717, 1.165) is 33.9 Å². The number of aryl methyl sites for hydroxylation is 1. The zero-order valence-electron chi connectivity index (χ0n) is 42.5. The van der Waals surface area contributed by atoms with Crippen LogP contribution in [0.3, 0.4) is 0 Å². The van der Waals surface area contributed by atoms with Crippen LogP contribution in [0.25, 0.3) is 11.6 Å². The van der Waals surface area contributed by atoms with E-state index in [0.29, 0.717) is 63.7 Å². The minimum atomic E-state index is -1.62. The van der Waals surface area contributed by atoms with Crippen LogP contribution in [-0.2, 0) is 82.9 Å². The number of carbonyl (C=O) groups excluding carboxylic acids is 10. The van der Waals surface area contributed by atoms with Gasteiger partial charge in [0.05, 0.1) is 17.6 Å². The predicted molar refractivity (Wildman–Crippen MR) is 261 cm³/mol. The molecule has 22 nitrogen and oxygen atoms in total. The molecule has 73 heavy (non-hydrogen) atoms. The average molecular weight is 1020 g/mol. The number of H-pyrrole nitrogens is 1. The Bertz CT molecular complexity index is 2570. The van der Waals surface area contributed by atoms with Crippen LogP contribution in [0.1, 0.15) is 107 Å². The van der Waals surface area contributed by atoms with Crippen LogP contribution < -0.4 is 16.0 Å². The zero-order valence-corrected chi connectivity index (χ0v) is 42.5. The number of anilines is 2. The largest absolute Gasteiger partial charge is 0.458 e. The van der Waals surface area contributed by atoms with Crippen molar-refractivity contribution < 1.29 is 81.1 Å². The maximum atomic E-state index is 13.1. The van der Waals surface area contributed by atoms with Gasteiger partial charge in [0.2, 0.25) is 5.91 Å². The molecule has 0 saturated heterocycles. The minimum Gasteiger partial charge on any atom is -0.458 e. The van der Waals surface area contributed by atoms with Gasteiger partial charge >= 0.3 is 41.8 Å². The van der Waals surface area contributed by atoms with E-state index in [4.69, 9.17) is 33.2 Å². The minimum absolute atomic E-state index is 0.0548. The van der Waals surface area contributed by atoms with Gasteiger partial charge in [0, 0.05) is 47.8 Å². The van der Waals surface area contributed by atoms with Crippen LogP contribution in [0.4, 0.5) is 11.4 Å². The van der Waals surface area contributed by atoms with Crippen molar-refractivity contribution in [2.24, 2.45) is 0 Å². The molecular weight excluding hydrogens is 955 g/mol. The molecule has 1 aliphatic rings. The summed E-state index contributed by atoms with van der Waals surface area (Å²) in [6.45, 7) is 17.5. The fraction of sp³-hybridized carbons (Fsp3) is 0.451. The molecule has 3 amide bonds. The third-order valence-electron chi connectivity index (χ3n) is 11.2. The summed E-state index contributed by atoms with van der Waals surface area (Å²) in [5, 5.41) is 8.43. The van der Waals surface area contributed by atoms with Crippen molar-refractivity contribution in [1.29, 1.82) is 0 Å². The monoisotopic (exact) mass is 1020 g/mol. The van der Waals surface area contributed by atoms with Gasteiger partial charge in [0.1, 0.15) is 6.61 Å². The fourth-order valence-corrected chi connectivity index (χ4v) is 6.95. The van der Waals surface area contributed by atoms with E-state index in [1.807, 2.05) is 0 Å². The maximum absolute atomic E-state index is 13.1. The van der Waals surface area contributed by atoms with Crippen molar-refractivity contribution in [3.8, 4) is 0 Å². The average Bonchev–Trinajstić information content (AvgIpc) is 3.82. The van der Waals surface area contributed by atoms with Gasteiger partial charge in [-0.2, -0.15) is 0 Å². The fourth-order valence-electron chi connectivity index (χ4n) is 6.95. The van der Waals surface area contributed by atoms with Crippen LogP contribution in [-0.4, -0.2) is 132 Å². The maximum Gasteiger partial charge on any atom is 0.347 e. The summed E-state index contributed by atoms with van der Waals surface area (Å²) in [7, 11) is 0. The number of fused-ring (bicyclic) bond motifs is 1. The molecule has 2 aromatic carbocycles. The standard InChI is InChI=1S/C51H63N5O17/c1-11-56(12-2)23-22-52-45(60)43-27(3)40(53-28(43)4)25-38-37-24-36(18-19-39(37)55-44(38)59)54-41(57)20-21-42(58)68-30(6)47(62)70-32(8)49(64)72-34(10)51(66)73-33(9)50(65)71-31(7)48(63)69-29(5)46(61)67-26-35-16-14-13-15-17-35/h13-19,24-25,29-34,53H,11-12,20-23,26H2,1-10H3,(H,52,60)(H,54,57)(H,55,59)/b38-25-/t29-,30-,31-,32-,33-,34-/m0/s1. The Labute approximate surface area is 422 Å². The number of rotatable bonds is 25. The van der Waals surface area contributed by atoms with Gasteiger partial charge in [-0.3, -0.25) is 19.2 Å². The number of benzene rings is 2. The molecule has 0 fully saturated rings. The molecule has 4 N–H and O–H groups in total. The van der Waals surface area contributed by atoms with Gasteiger partial charge in [-0.15, -0.1) is 0 Å². The summed E-state index contributed by atoms with van der Waals surface area (Å²) < 4.78 is 35.3. The number of ether oxygens (including phenoxy) is 7. The van der Waals surface area contributed by atoms with Crippen molar-refractivity contribution in [3.05, 3.63) is 82.2 Å². The molecule has 394 valence electrons. The van der Waals surface area contributed by atoms with E-state index in [9.17, 15) is 47.9 Å². The third kappa shape index (κ3) is 16.9. The van der Waals surface area contributed by atoms with Crippen LogP contribution in [0.15, 0.2) is 48.5 Å². The number of amides is 3. The number of nitrogens with one attached hydrogen (secondary N) is 4. The Morgan fingerprint density at radius 2 is 1.16 bits per heavy atom. The Morgan fingerprint density at radius 3 is 1.68 bits per heavy atom. The highest BCUT2D eigenvalue weighted by Crippen LogP contribution is 2.36. The molecule has 0 bridgehead atoms. The Kier molecular flexibility index (Phi) is 21.4. The lowest BCUT2D eigenvalue weighted by molar-refractivity contribution is -0.188. The van der Waals surface area contributed by atoms with Gasteiger partial charge in [-0.25, -0.2) is 28.8 Å². The molecule has 0 spiro atoms. The molecule has 1 aliphatic heterocycles. The first kappa shape index (κ1) is 57.7. The first-order valence-electron chi connectivity index (χ1n) is 23.6. The number of likely N-dealkylation sites (N-methyl/N-ethyl adjacent to an activating group) is 1. The van der Waals surface area contributed by atoms with Crippen LogP contribution in [0, 0.1) is 13.8 Å². The lowest BCUT2D eigenvalue weighted by Gasteiger charge is -2.20. The molecule has 0 saturated carbocycles. The summed E-state index contributed by atoms with van der Waals surface area (Å²) in [5.41, 5.74) is 4.66. The van der Waals surface area contributed by atoms with Crippen LogP contribution >= 0.6 is 0 Å². The number of aromatic nitrogens is 1. The van der Waals surface area contributed by atoms with Crippen molar-refractivity contribution in [2.75, 3.05) is 36.8 Å². The number of nitrogens with zero attached hydrogens (tertiary/aromatic N) is 1. The molecular formula is C51H63N5O17. The molecule has 22 heteroatoms. The Hall–Kier alpha value is -7.88. The second-order valence-electron chi connectivity index (χ2n) is 16.9. The van der Waals surface area contributed by atoms with Gasteiger partial charge in [-0.1, -0.05) is 44.2 Å². The topological polar surface area (TPSA) is 290 Å². The lowest BCUT2D eigenvalue weighted by atomic mass is 10.0. The molecule has 0 radical (unpaired) electrons. The van der Waals surface area contributed by atoms with E-state index in [1.54, 1.807) is 68.5 Å². The summed E-state index contributed by atoms with van der Waals surface area (Å²) in [6.07, 6.45) is -8.37. The zero-order chi connectivity index (χ0) is 54.1. The Morgan fingerprint density at radius 1 is 0.658 bits per heavy atom. The highest BCUT2D eigenvalue weighted by atomic mass is 16.7. The predicted octanol–water partition coefficient (Wildman–Crippen LogP) is 4.25. The molecule has 6 atom stereocenters. The van der Waals surface area contributed by atoms with E-state index in [2.05, 4.69) is 39.7 Å². The van der Waals surface area contributed by atoms with Gasteiger partial charge in [-0.05, 0) is 104 Å². The van der Waals surface area contributed by atoms with Crippen molar-refractivity contribution in [3.63, 3.8) is 0 Å². The van der Waals surface area contributed by atoms with Crippen molar-refractivity contribution in [2.45, 2.75) is 125 Å². The van der Waals surface area contributed by atoms with Gasteiger partial charge in [0.25, 0.3) is 11.8 Å². The highest BCUT2D eigenvalue weighted by Gasteiger charge is 2.33. The van der Waals surface area contributed by atoms with Crippen LogP contribution in [0.5, 0.6) is 0 Å². The molecule has 4 rings (SSSR count). The van der Waals surface area contributed by atoms with Crippen LogP contribution in [0.2, 0.25) is 0 Å². The number of esters is 7. The SMILES string of the molecule is CCN(CC)CCNC(=O)c1c(C)[nH]c(/C=C2\C(=O)Nc3ccc(NC(=O)CCC(=O)O[C@@H](C)C(=O)O[C@@H](C)C(=O)O[C@@H](C)C(=O)O[C@@H](C)C(=O)O[C@@H](C)C(=O)O[C@@H](C)C(=O)OCc4ccccc4)cc32)c1C. The van der Waals surface area contributed by atoms with E-state index >= 15 is 0 Å². The number of hydrogen-bond acceptors (Lipinski definition) is 18. The quantitative estimate of drug-likeness (QED) is 0.0524. The second-order valence-corrected chi connectivity index (χ2v) is 16.9. The summed E-state index contributed by atoms with van der Waals surface area (Å²) in [5.74, 6) is -8.78. The van der Waals surface area contributed by atoms with E-state index in [-0.39, 0.29) is 24.8 Å². The summed E-state index contributed by atoms with van der Waals surface area (Å²) in [4.78, 5) is 132. The summed E-state index contributed by atoms with van der Waals surface area (Å²) >= 11 is 0. The highest BCUT2D eigenvalue weighted by molar-refractivity contribution is 6.35. The van der Waals surface area contributed by atoms with Gasteiger partial charge in [0.15, 0.2) is 36.6 Å². The second kappa shape index (κ2) is 27.1. The number of carbonyl (C=O) groups is 10. The summed E-state index contributed by atoms with van der Waals surface area (Å²) in [6, 6.07) is 13.6. The Balaban J connectivity index is 1.18. The van der Waals surface area contributed by atoms with Crippen molar-refractivity contribution in [1.82, 2.24) is 15.2 Å². The first-order valence-corrected chi connectivity index (χ1v) is 23.6. The smallest absolute Gasteiger partial charge is 0.347 e. The lowest BCUT2D eigenvalue weighted by Crippen LogP contribution is -2.39. The molecule has 2 heterocycles. The molecule has 1 aromatic heterocycles. The van der Waals surface area contributed by atoms with Crippen molar-refractivity contribution >= 4 is 82.5 Å².